The summed E-state index contributed by atoms with van der Waals surface area (Å²) in [7, 11) is 3.39. The molecule has 0 saturated heterocycles. The van der Waals surface area contributed by atoms with Crippen LogP contribution in [0.25, 0.3) is 0 Å². The zero-order valence-electron chi connectivity index (χ0n) is 15.4. The Hall–Kier alpha value is -2.82. The number of hydrogen-bond acceptors (Lipinski definition) is 3. The van der Waals surface area contributed by atoms with Crippen molar-refractivity contribution in [2.75, 3.05) is 19.1 Å². The second-order valence-electron chi connectivity index (χ2n) is 6.70. The summed E-state index contributed by atoms with van der Waals surface area (Å²) in [5, 5.41) is 3.01. The van der Waals surface area contributed by atoms with Gasteiger partial charge in [0.1, 0.15) is 5.75 Å². The van der Waals surface area contributed by atoms with E-state index in [-0.39, 0.29) is 24.3 Å². The molecule has 2 atom stereocenters. The van der Waals surface area contributed by atoms with E-state index < -0.39 is 5.92 Å². The summed E-state index contributed by atoms with van der Waals surface area (Å²) >= 11 is 0. The van der Waals surface area contributed by atoms with Gasteiger partial charge in [0.25, 0.3) is 0 Å². The fraction of sp³-hybridized carbons (Fsp3) is 0.333. The Morgan fingerprint density at radius 1 is 1.19 bits per heavy atom. The van der Waals surface area contributed by atoms with Gasteiger partial charge in [0.2, 0.25) is 11.8 Å². The highest BCUT2D eigenvalue weighted by Crippen LogP contribution is 2.37. The van der Waals surface area contributed by atoms with E-state index >= 15 is 0 Å². The number of nitrogens with one attached hydrogen (secondary N) is 1. The Balaban J connectivity index is 1.63. The summed E-state index contributed by atoms with van der Waals surface area (Å²) in [4.78, 5) is 26.6. The number of carbonyl (C=O) groups excluding carboxylic acids is 2. The van der Waals surface area contributed by atoms with Crippen LogP contribution in [0.2, 0.25) is 0 Å². The summed E-state index contributed by atoms with van der Waals surface area (Å²) in [6.45, 7) is 1.96. The highest BCUT2D eigenvalue weighted by atomic mass is 16.5. The topological polar surface area (TPSA) is 58.6 Å². The monoisotopic (exact) mass is 352 g/mol. The molecule has 0 aliphatic carbocycles. The molecule has 1 aliphatic rings. The van der Waals surface area contributed by atoms with Crippen LogP contribution in [0.1, 0.15) is 30.4 Å². The molecular formula is C21H24N2O3. The number of anilines is 1. The minimum atomic E-state index is -0.408. The Kier molecular flexibility index (Phi) is 5.26. The zero-order chi connectivity index (χ0) is 18.7. The van der Waals surface area contributed by atoms with Crippen LogP contribution >= 0.6 is 0 Å². The average Bonchev–Trinajstić information content (AvgIpc) is 2.87. The largest absolute Gasteiger partial charge is 0.496 e. The van der Waals surface area contributed by atoms with E-state index in [1.54, 1.807) is 19.1 Å². The third-order valence-electron chi connectivity index (χ3n) is 4.82. The fourth-order valence-electron chi connectivity index (χ4n) is 3.54. The van der Waals surface area contributed by atoms with Gasteiger partial charge in [-0.3, -0.25) is 9.59 Å². The second-order valence-corrected chi connectivity index (χ2v) is 6.70. The number of fused-ring (bicyclic) bond motifs is 1. The number of para-hydroxylation sites is 2. The number of benzene rings is 2. The maximum atomic E-state index is 12.5. The molecule has 0 bridgehead atoms. The molecule has 1 aliphatic heterocycles. The van der Waals surface area contributed by atoms with Crippen molar-refractivity contribution in [3.63, 3.8) is 0 Å². The van der Waals surface area contributed by atoms with Gasteiger partial charge in [0, 0.05) is 25.2 Å². The lowest BCUT2D eigenvalue weighted by molar-refractivity contribution is -0.126. The number of rotatable bonds is 6. The van der Waals surface area contributed by atoms with Crippen molar-refractivity contribution >= 4 is 17.5 Å². The molecule has 0 aromatic heterocycles. The first kappa shape index (κ1) is 18.0. The molecule has 0 fully saturated rings. The Labute approximate surface area is 154 Å². The average molecular weight is 352 g/mol. The molecule has 2 aromatic rings. The second kappa shape index (κ2) is 7.60. The predicted octanol–water partition coefficient (Wildman–Crippen LogP) is 2.89. The SMILES string of the molecule is COc1ccccc1C[C@@H](C)NC(=O)C[C@@H]1C(=O)N(C)c2ccccc21. The molecule has 1 N–H and O–H groups in total. The lowest BCUT2D eigenvalue weighted by Gasteiger charge is -2.17. The molecule has 3 rings (SSSR count). The van der Waals surface area contributed by atoms with Crippen molar-refractivity contribution in [1.82, 2.24) is 5.32 Å². The first-order valence-electron chi connectivity index (χ1n) is 8.79. The van der Waals surface area contributed by atoms with Crippen molar-refractivity contribution in [2.45, 2.75) is 31.7 Å². The minimum absolute atomic E-state index is 0.0290. The van der Waals surface area contributed by atoms with Gasteiger partial charge in [-0.1, -0.05) is 36.4 Å². The Bertz CT molecular complexity index is 818. The summed E-state index contributed by atoms with van der Waals surface area (Å²) in [5.41, 5.74) is 2.86. The quantitative estimate of drug-likeness (QED) is 0.870. The summed E-state index contributed by atoms with van der Waals surface area (Å²) in [5.74, 6) is 0.263. The number of likely N-dealkylation sites (N-methyl/N-ethyl adjacent to an activating group) is 1. The van der Waals surface area contributed by atoms with Gasteiger partial charge >= 0.3 is 0 Å². The third-order valence-corrected chi connectivity index (χ3v) is 4.82. The van der Waals surface area contributed by atoms with Gasteiger partial charge < -0.3 is 15.0 Å². The molecule has 2 aromatic carbocycles. The normalized spacial score (nSPS) is 17.0. The molecule has 136 valence electrons. The first-order valence-corrected chi connectivity index (χ1v) is 8.79. The van der Waals surface area contributed by atoms with E-state index in [0.717, 1.165) is 22.6 Å². The van der Waals surface area contributed by atoms with Crippen LogP contribution in [-0.4, -0.2) is 32.0 Å². The third kappa shape index (κ3) is 3.57. The Morgan fingerprint density at radius 3 is 2.65 bits per heavy atom. The minimum Gasteiger partial charge on any atom is -0.496 e. The van der Waals surface area contributed by atoms with Crippen molar-refractivity contribution < 1.29 is 14.3 Å². The first-order chi connectivity index (χ1) is 12.5. The molecule has 5 heteroatoms. The van der Waals surface area contributed by atoms with Crippen molar-refractivity contribution in [3.05, 3.63) is 59.7 Å². The van der Waals surface area contributed by atoms with E-state index in [0.29, 0.717) is 6.42 Å². The van der Waals surface area contributed by atoms with Gasteiger partial charge in [-0.05, 0) is 36.6 Å². The van der Waals surface area contributed by atoms with Crippen LogP contribution < -0.4 is 15.0 Å². The number of amides is 2. The van der Waals surface area contributed by atoms with Gasteiger partial charge in [-0.2, -0.15) is 0 Å². The number of hydrogen-bond donors (Lipinski definition) is 1. The Morgan fingerprint density at radius 2 is 1.88 bits per heavy atom. The number of ether oxygens (including phenoxy) is 1. The maximum Gasteiger partial charge on any atom is 0.234 e. The molecule has 5 nitrogen and oxygen atoms in total. The van der Waals surface area contributed by atoms with E-state index in [4.69, 9.17) is 4.74 Å². The summed E-state index contributed by atoms with van der Waals surface area (Å²) in [6.07, 6.45) is 0.835. The van der Waals surface area contributed by atoms with Gasteiger partial charge in [0.15, 0.2) is 0 Å². The molecule has 1 heterocycles. The molecule has 0 unspecified atom stereocenters. The van der Waals surface area contributed by atoms with Crippen LogP contribution in [0.5, 0.6) is 5.75 Å². The van der Waals surface area contributed by atoms with Crippen LogP contribution in [0.4, 0.5) is 5.69 Å². The van der Waals surface area contributed by atoms with E-state index in [1.165, 1.54) is 0 Å². The van der Waals surface area contributed by atoms with E-state index in [1.807, 2.05) is 55.5 Å². The molecule has 0 radical (unpaired) electrons. The summed E-state index contributed by atoms with van der Waals surface area (Å²) in [6, 6.07) is 15.4. The van der Waals surface area contributed by atoms with Crippen LogP contribution in [-0.2, 0) is 16.0 Å². The van der Waals surface area contributed by atoms with Crippen LogP contribution in [0.15, 0.2) is 48.5 Å². The van der Waals surface area contributed by atoms with E-state index in [2.05, 4.69) is 5.32 Å². The van der Waals surface area contributed by atoms with Gasteiger partial charge in [-0.25, -0.2) is 0 Å². The van der Waals surface area contributed by atoms with Gasteiger partial charge in [0.05, 0.1) is 13.0 Å². The van der Waals surface area contributed by atoms with Crippen LogP contribution in [0, 0.1) is 0 Å². The standard InChI is InChI=1S/C21H24N2O3/c1-14(12-15-8-4-7-11-19(15)26-3)22-20(24)13-17-16-9-5-6-10-18(16)23(2)21(17)25/h4-11,14,17H,12-13H2,1-3H3,(H,22,24)/t14-,17+/m1/s1. The lowest BCUT2D eigenvalue weighted by Crippen LogP contribution is -2.36. The van der Waals surface area contributed by atoms with Crippen LogP contribution in [0.3, 0.4) is 0 Å². The predicted molar refractivity (Wildman–Crippen MR) is 102 cm³/mol. The molecular weight excluding hydrogens is 328 g/mol. The van der Waals surface area contributed by atoms with Crippen molar-refractivity contribution in [1.29, 1.82) is 0 Å². The molecule has 0 spiro atoms. The maximum absolute atomic E-state index is 12.5. The van der Waals surface area contributed by atoms with Gasteiger partial charge in [-0.15, -0.1) is 0 Å². The summed E-state index contributed by atoms with van der Waals surface area (Å²) < 4.78 is 5.36. The fourth-order valence-corrected chi connectivity index (χ4v) is 3.54. The highest BCUT2D eigenvalue weighted by Gasteiger charge is 2.36. The van der Waals surface area contributed by atoms with Crippen molar-refractivity contribution in [2.24, 2.45) is 0 Å². The number of carbonyl (C=O) groups is 2. The van der Waals surface area contributed by atoms with Crippen molar-refractivity contribution in [3.8, 4) is 5.75 Å². The van der Waals surface area contributed by atoms with E-state index in [9.17, 15) is 9.59 Å². The zero-order valence-corrected chi connectivity index (χ0v) is 15.4. The molecule has 26 heavy (non-hydrogen) atoms. The number of methoxy groups -OCH3 is 1. The number of nitrogens with zero attached hydrogens (tertiary/aromatic N) is 1. The smallest absolute Gasteiger partial charge is 0.234 e. The lowest BCUT2D eigenvalue weighted by atomic mass is 9.96. The highest BCUT2D eigenvalue weighted by molar-refractivity contribution is 6.06. The molecule has 2 amide bonds. The molecule has 0 saturated carbocycles.